The molecule has 3 heterocycles. The van der Waals surface area contributed by atoms with Gasteiger partial charge in [0.05, 0.1) is 12.2 Å². The molecule has 1 amide bonds. The highest BCUT2D eigenvalue weighted by Crippen LogP contribution is 2.25. The van der Waals surface area contributed by atoms with Crippen LogP contribution in [0, 0.1) is 6.92 Å². The van der Waals surface area contributed by atoms with E-state index in [-0.39, 0.29) is 17.8 Å². The average molecular weight is 452 g/mol. The van der Waals surface area contributed by atoms with Crippen molar-refractivity contribution >= 4 is 34.1 Å². The third kappa shape index (κ3) is 4.61. The highest BCUT2D eigenvalue weighted by atomic mass is 16.2. The Hall–Kier alpha value is -3.66. The van der Waals surface area contributed by atoms with Crippen LogP contribution >= 0.6 is 0 Å². The van der Waals surface area contributed by atoms with Crippen molar-refractivity contribution in [1.82, 2.24) is 19.0 Å². The Balaban J connectivity index is 1.68. The standard InChI is InChI=1S/C23H29N7O3/c1-15-5-7-16(8-6-15)25-19(31)14-24-17-13-18(30-11-9-27(2)10-12-30)26-21-20(17)22(32)29(4)23(33)28(21)3/h5-8,13H,9-12,14H2,1-4H3,(H,24,26)(H,25,31). The van der Waals surface area contributed by atoms with E-state index in [1.165, 1.54) is 11.6 Å². The first kappa shape index (κ1) is 22.5. The minimum absolute atomic E-state index is 0.0405. The number of benzene rings is 1. The van der Waals surface area contributed by atoms with Crippen LogP contribution in [-0.4, -0.2) is 64.7 Å². The number of amides is 1. The number of nitrogens with one attached hydrogen (secondary N) is 2. The van der Waals surface area contributed by atoms with E-state index in [0.717, 1.165) is 36.3 Å². The number of anilines is 3. The van der Waals surface area contributed by atoms with Gasteiger partial charge in [0.2, 0.25) is 5.91 Å². The Kier molecular flexibility index (Phi) is 6.19. The van der Waals surface area contributed by atoms with Crippen molar-refractivity contribution in [3.8, 4) is 0 Å². The molecule has 0 atom stereocenters. The summed E-state index contributed by atoms with van der Waals surface area (Å²) in [5.41, 5.74) is 1.67. The van der Waals surface area contributed by atoms with Gasteiger partial charge in [-0.1, -0.05) is 17.7 Å². The number of aromatic nitrogens is 3. The Bertz CT molecular complexity index is 1300. The van der Waals surface area contributed by atoms with Crippen LogP contribution in [0.1, 0.15) is 5.56 Å². The van der Waals surface area contributed by atoms with Crippen LogP contribution in [0.15, 0.2) is 39.9 Å². The number of piperazine rings is 1. The van der Waals surface area contributed by atoms with E-state index in [9.17, 15) is 14.4 Å². The molecule has 1 aromatic carbocycles. The Morgan fingerprint density at radius 1 is 1.00 bits per heavy atom. The minimum Gasteiger partial charge on any atom is -0.375 e. The normalized spacial score (nSPS) is 14.5. The summed E-state index contributed by atoms with van der Waals surface area (Å²) in [7, 11) is 5.10. The number of likely N-dealkylation sites (N-methyl/N-ethyl adjacent to an activating group) is 1. The average Bonchev–Trinajstić information content (AvgIpc) is 2.81. The molecule has 1 aliphatic heterocycles. The molecule has 174 valence electrons. The highest BCUT2D eigenvalue weighted by molar-refractivity contribution is 5.96. The second-order valence-corrected chi connectivity index (χ2v) is 8.49. The van der Waals surface area contributed by atoms with Gasteiger partial charge in [-0.05, 0) is 26.1 Å². The lowest BCUT2D eigenvalue weighted by Crippen LogP contribution is -2.45. The number of rotatable bonds is 5. The maximum absolute atomic E-state index is 13.0. The van der Waals surface area contributed by atoms with Crippen molar-refractivity contribution in [1.29, 1.82) is 0 Å². The zero-order chi connectivity index (χ0) is 23.7. The van der Waals surface area contributed by atoms with Crippen LogP contribution in [-0.2, 0) is 18.9 Å². The van der Waals surface area contributed by atoms with Gasteiger partial charge in [0, 0.05) is 52.0 Å². The summed E-state index contributed by atoms with van der Waals surface area (Å²) in [5.74, 6) is 0.423. The molecule has 0 bridgehead atoms. The number of pyridine rings is 1. The number of carbonyl (C=O) groups excluding carboxylic acids is 1. The first-order valence-corrected chi connectivity index (χ1v) is 10.9. The zero-order valence-electron chi connectivity index (χ0n) is 19.4. The fourth-order valence-electron chi connectivity index (χ4n) is 3.90. The maximum Gasteiger partial charge on any atom is 0.332 e. The SMILES string of the molecule is Cc1ccc(NC(=O)CNc2cc(N3CCN(C)CC3)nc3c2c(=O)n(C)c(=O)n3C)cc1. The van der Waals surface area contributed by atoms with Crippen molar-refractivity contribution in [3.63, 3.8) is 0 Å². The summed E-state index contributed by atoms with van der Waals surface area (Å²) in [6.45, 7) is 5.27. The summed E-state index contributed by atoms with van der Waals surface area (Å²) in [6.07, 6.45) is 0. The van der Waals surface area contributed by atoms with Crippen LogP contribution in [0.4, 0.5) is 17.2 Å². The molecule has 0 unspecified atom stereocenters. The predicted octanol–water partition coefficient (Wildman–Crippen LogP) is 0.743. The van der Waals surface area contributed by atoms with Crippen molar-refractivity contribution < 1.29 is 4.79 Å². The number of hydrogen-bond donors (Lipinski definition) is 2. The first-order valence-electron chi connectivity index (χ1n) is 10.9. The van der Waals surface area contributed by atoms with E-state index >= 15 is 0 Å². The van der Waals surface area contributed by atoms with Crippen LogP contribution in [0.25, 0.3) is 11.0 Å². The number of fused-ring (bicyclic) bond motifs is 1. The summed E-state index contributed by atoms with van der Waals surface area (Å²) < 4.78 is 2.42. The van der Waals surface area contributed by atoms with Crippen LogP contribution in [0.2, 0.25) is 0 Å². The Morgan fingerprint density at radius 3 is 2.33 bits per heavy atom. The fraction of sp³-hybridized carbons (Fsp3) is 0.391. The van der Waals surface area contributed by atoms with Gasteiger partial charge in [-0.15, -0.1) is 0 Å². The quantitative estimate of drug-likeness (QED) is 0.590. The summed E-state index contributed by atoms with van der Waals surface area (Å²) in [6, 6.07) is 9.31. The molecular weight excluding hydrogens is 422 g/mol. The minimum atomic E-state index is -0.452. The van der Waals surface area contributed by atoms with Gasteiger partial charge >= 0.3 is 5.69 Å². The topological polar surface area (TPSA) is 104 Å². The molecule has 1 saturated heterocycles. The molecule has 0 radical (unpaired) electrons. The first-order chi connectivity index (χ1) is 15.7. The molecule has 1 fully saturated rings. The lowest BCUT2D eigenvalue weighted by atomic mass is 10.2. The van der Waals surface area contributed by atoms with Crippen molar-refractivity contribution in [2.24, 2.45) is 14.1 Å². The second kappa shape index (κ2) is 9.07. The smallest absolute Gasteiger partial charge is 0.332 e. The molecular formula is C23H29N7O3. The van der Waals surface area contributed by atoms with E-state index in [2.05, 4.69) is 32.5 Å². The van der Waals surface area contributed by atoms with E-state index in [1.54, 1.807) is 13.1 Å². The van der Waals surface area contributed by atoms with Gasteiger partial charge in [0.15, 0.2) is 5.65 Å². The highest BCUT2D eigenvalue weighted by Gasteiger charge is 2.21. The molecule has 0 saturated carbocycles. The molecule has 10 heteroatoms. The Morgan fingerprint density at radius 2 is 1.67 bits per heavy atom. The van der Waals surface area contributed by atoms with E-state index in [0.29, 0.717) is 22.8 Å². The molecule has 0 spiro atoms. The third-order valence-electron chi connectivity index (χ3n) is 6.00. The van der Waals surface area contributed by atoms with Gasteiger partial charge in [-0.3, -0.25) is 18.7 Å². The predicted molar refractivity (Wildman–Crippen MR) is 130 cm³/mol. The Labute approximate surface area is 191 Å². The molecule has 10 nitrogen and oxygen atoms in total. The lowest BCUT2D eigenvalue weighted by molar-refractivity contribution is -0.114. The van der Waals surface area contributed by atoms with Crippen molar-refractivity contribution in [2.75, 3.05) is 55.3 Å². The molecule has 3 aromatic rings. The number of nitrogens with zero attached hydrogens (tertiary/aromatic N) is 5. The number of carbonyl (C=O) groups is 1. The van der Waals surface area contributed by atoms with Crippen LogP contribution < -0.4 is 26.8 Å². The lowest BCUT2D eigenvalue weighted by Gasteiger charge is -2.33. The summed E-state index contributed by atoms with van der Waals surface area (Å²) in [5, 5.41) is 6.23. The van der Waals surface area contributed by atoms with Gasteiger partial charge in [-0.2, -0.15) is 0 Å². The zero-order valence-corrected chi connectivity index (χ0v) is 19.4. The van der Waals surface area contributed by atoms with Gasteiger partial charge in [0.1, 0.15) is 11.2 Å². The van der Waals surface area contributed by atoms with Gasteiger partial charge < -0.3 is 20.4 Å². The molecule has 33 heavy (non-hydrogen) atoms. The summed E-state index contributed by atoms with van der Waals surface area (Å²) >= 11 is 0. The van der Waals surface area contributed by atoms with Crippen molar-refractivity contribution in [3.05, 3.63) is 56.7 Å². The molecule has 1 aliphatic rings. The molecule has 0 aliphatic carbocycles. The summed E-state index contributed by atoms with van der Waals surface area (Å²) in [4.78, 5) is 47.1. The van der Waals surface area contributed by atoms with E-state index < -0.39 is 11.2 Å². The molecule has 2 aromatic heterocycles. The number of hydrogen-bond acceptors (Lipinski definition) is 7. The third-order valence-corrected chi connectivity index (χ3v) is 6.00. The maximum atomic E-state index is 13.0. The van der Waals surface area contributed by atoms with Crippen molar-refractivity contribution in [2.45, 2.75) is 6.92 Å². The monoisotopic (exact) mass is 451 g/mol. The second-order valence-electron chi connectivity index (χ2n) is 8.49. The van der Waals surface area contributed by atoms with E-state index in [4.69, 9.17) is 0 Å². The number of aryl methyl sites for hydroxylation is 2. The van der Waals surface area contributed by atoms with Crippen LogP contribution in [0.3, 0.4) is 0 Å². The molecule has 2 N–H and O–H groups in total. The van der Waals surface area contributed by atoms with Gasteiger partial charge in [-0.25, -0.2) is 9.78 Å². The largest absolute Gasteiger partial charge is 0.375 e. The van der Waals surface area contributed by atoms with Crippen LogP contribution in [0.5, 0.6) is 0 Å². The van der Waals surface area contributed by atoms with Gasteiger partial charge in [0.25, 0.3) is 5.56 Å². The van der Waals surface area contributed by atoms with E-state index in [1.807, 2.05) is 31.2 Å². The fourth-order valence-corrected chi connectivity index (χ4v) is 3.90. The molecule has 4 rings (SSSR count).